The fourth-order valence-corrected chi connectivity index (χ4v) is 3.74. The van der Waals surface area contributed by atoms with Crippen LogP contribution < -0.4 is 0 Å². The Balaban J connectivity index is 2.03. The van der Waals surface area contributed by atoms with Crippen molar-refractivity contribution < 1.29 is 14.3 Å². The first-order valence-corrected chi connectivity index (χ1v) is 8.56. The number of nitrogens with one attached hydrogen (secondary N) is 1. The first kappa shape index (κ1) is 16.0. The van der Waals surface area contributed by atoms with Gasteiger partial charge in [-0.3, -0.25) is 0 Å². The number of benzene rings is 2. The van der Waals surface area contributed by atoms with Crippen LogP contribution in [0.1, 0.15) is 21.6 Å². The third-order valence-electron chi connectivity index (χ3n) is 3.69. The Morgan fingerprint density at radius 3 is 2.78 bits per heavy atom. The minimum absolute atomic E-state index is 0.171. The SMILES string of the molecule is CSc1c(Cc2ccc(C(=O)O)c(S)c2)[nH]c2c(F)cccc12. The molecule has 0 aliphatic carbocycles. The van der Waals surface area contributed by atoms with E-state index in [0.29, 0.717) is 16.8 Å². The van der Waals surface area contributed by atoms with Gasteiger partial charge in [-0.15, -0.1) is 24.4 Å². The monoisotopic (exact) mass is 347 g/mol. The minimum atomic E-state index is -1.00. The highest BCUT2D eigenvalue weighted by Gasteiger charge is 2.15. The van der Waals surface area contributed by atoms with E-state index in [1.807, 2.05) is 12.3 Å². The molecule has 0 spiro atoms. The molecule has 3 nitrogen and oxygen atoms in total. The lowest BCUT2D eigenvalue weighted by Crippen LogP contribution is -1.99. The average Bonchev–Trinajstić information content (AvgIpc) is 2.85. The van der Waals surface area contributed by atoms with Crippen LogP contribution in [0.2, 0.25) is 0 Å². The minimum Gasteiger partial charge on any atom is -0.478 e. The van der Waals surface area contributed by atoms with E-state index in [4.69, 9.17) is 5.11 Å². The number of halogens is 1. The molecule has 2 N–H and O–H groups in total. The van der Waals surface area contributed by atoms with Gasteiger partial charge in [0.2, 0.25) is 0 Å². The van der Waals surface area contributed by atoms with Gasteiger partial charge in [-0.25, -0.2) is 9.18 Å². The molecule has 0 unspecified atom stereocenters. The van der Waals surface area contributed by atoms with Gasteiger partial charge < -0.3 is 10.1 Å². The largest absolute Gasteiger partial charge is 0.478 e. The molecular formula is C17H14FNO2S2. The van der Waals surface area contributed by atoms with Crippen LogP contribution in [0.25, 0.3) is 10.9 Å². The van der Waals surface area contributed by atoms with Crippen LogP contribution in [0.5, 0.6) is 0 Å². The van der Waals surface area contributed by atoms with Crippen LogP contribution >= 0.6 is 24.4 Å². The van der Waals surface area contributed by atoms with E-state index in [9.17, 15) is 9.18 Å². The van der Waals surface area contributed by atoms with E-state index in [2.05, 4.69) is 17.6 Å². The number of aromatic carboxylic acids is 1. The number of fused-ring (bicyclic) bond motifs is 1. The molecule has 6 heteroatoms. The summed E-state index contributed by atoms with van der Waals surface area (Å²) in [5.74, 6) is -1.28. The van der Waals surface area contributed by atoms with Crippen molar-refractivity contribution in [1.82, 2.24) is 4.98 Å². The Labute approximate surface area is 142 Å². The number of carboxylic acid groups (broad SMARTS) is 1. The molecular weight excluding hydrogens is 333 g/mol. The molecule has 0 bridgehead atoms. The molecule has 0 aliphatic rings. The van der Waals surface area contributed by atoms with E-state index in [1.165, 1.54) is 6.07 Å². The molecule has 0 amide bonds. The zero-order valence-electron chi connectivity index (χ0n) is 12.3. The van der Waals surface area contributed by atoms with Gasteiger partial charge in [-0.1, -0.05) is 18.2 Å². The quantitative estimate of drug-likeness (QED) is 0.477. The van der Waals surface area contributed by atoms with Gasteiger partial charge in [0.25, 0.3) is 0 Å². The molecule has 1 aromatic heterocycles. The molecule has 0 saturated carbocycles. The topological polar surface area (TPSA) is 53.1 Å². The highest BCUT2D eigenvalue weighted by Crippen LogP contribution is 2.33. The van der Waals surface area contributed by atoms with Crippen LogP contribution in [0.4, 0.5) is 4.39 Å². The first-order valence-electron chi connectivity index (χ1n) is 6.89. The number of thioether (sulfide) groups is 1. The maximum atomic E-state index is 13.9. The molecule has 2 aromatic carbocycles. The van der Waals surface area contributed by atoms with E-state index < -0.39 is 5.97 Å². The number of H-pyrrole nitrogens is 1. The smallest absolute Gasteiger partial charge is 0.336 e. The summed E-state index contributed by atoms with van der Waals surface area (Å²) >= 11 is 5.79. The lowest BCUT2D eigenvalue weighted by atomic mass is 10.1. The third kappa shape index (κ3) is 2.96. The van der Waals surface area contributed by atoms with Gasteiger partial charge in [0.05, 0.1) is 11.1 Å². The predicted molar refractivity (Wildman–Crippen MR) is 93.5 cm³/mol. The van der Waals surface area contributed by atoms with Gasteiger partial charge in [0.1, 0.15) is 5.82 Å². The van der Waals surface area contributed by atoms with Crippen molar-refractivity contribution in [2.45, 2.75) is 16.2 Å². The molecule has 1 heterocycles. The summed E-state index contributed by atoms with van der Waals surface area (Å²) in [5, 5.41) is 9.92. The lowest BCUT2D eigenvalue weighted by Gasteiger charge is -2.06. The summed E-state index contributed by atoms with van der Waals surface area (Å²) in [5.41, 5.74) is 2.50. The van der Waals surface area contributed by atoms with Crippen molar-refractivity contribution in [3.8, 4) is 0 Å². The Morgan fingerprint density at radius 1 is 1.35 bits per heavy atom. The van der Waals surface area contributed by atoms with Crippen LogP contribution in [0, 0.1) is 5.82 Å². The highest BCUT2D eigenvalue weighted by atomic mass is 32.2. The first-order chi connectivity index (χ1) is 11.0. The Hall–Kier alpha value is -1.92. The summed E-state index contributed by atoms with van der Waals surface area (Å²) in [4.78, 5) is 15.6. The van der Waals surface area contributed by atoms with Crippen LogP contribution in [-0.4, -0.2) is 22.3 Å². The summed E-state index contributed by atoms with van der Waals surface area (Å²) in [6.07, 6.45) is 2.51. The van der Waals surface area contributed by atoms with Crippen molar-refractivity contribution in [2.75, 3.05) is 6.26 Å². The lowest BCUT2D eigenvalue weighted by molar-refractivity contribution is 0.0693. The number of carboxylic acids is 1. The zero-order valence-corrected chi connectivity index (χ0v) is 14.0. The van der Waals surface area contributed by atoms with E-state index in [-0.39, 0.29) is 11.4 Å². The van der Waals surface area contributed by atoms with Crippen LogP contribution in [0.3, 0.4) is 0 Å². The molecule has 3 rings (SSSR count). The molecule has 0 atom stereocenters. The van der Waals surface area contributed by atoms with Crippen molar-refractivity contribution in [1.29, 1.82) is 0 Å². The van der Waals surface area contributed by atoms with Gasteiger partial charge in [0.15, 0.2) is 0 Å². The number of rotatable bonds is 4. The van der Waals surface area contributed by atoms with E-state index in [1.54, 1.807) is 36.0 Å². The number of aromatic nitrogens is 1. The number of aromatic amines is 1. The fourth-order valence-electron chi connectivity index (χ4n) is 2.64. The van der Waals surface area contributed by atoms with Gasteiger partial charge >= 0.3 is 5.97 Å². The van der Waals surface area contributed by atoms with E-state index >= 15 is 0 Å². The number of thiol groups is 1. The second kappa shape index (κ2) is 6.29. The molecule has 23 heavy (non-hydrogen) atoms. The Bertz CT molecular complexity index is 905. The van der Waals surface area contributed by atoms with Gasteiger partial charge in [-0.05, 0) is 30.0 Å². The van der Waals surface area contributed by atoms with Crippen molar-refractivity contribution in [2.24, 2.45) is 0 Å². The Morgan fingerprint density at radius 2 is 2.13 bits per heavy atom. The van der Waals surface area contributed by atoms with Gasteiger partial charge in [0, 0.05) is 27.3 Å². The molecule has 0 fully saturated rings. The predicted octanol–water partition coefficient (Wildman–Crippen LogP) is 4.61. The normalized spacial score (nSPS) is 11.1. The van der Waals surface area contributed by atoms with Crippen molar-refractivity contribution in [3.63, 3.8) is 0 Å². The fraction of sp³-hybridized carbons (Fsp3) is 0.118. The maximum absolute atomic E-state index is 13.9. The molecule has 0 radical (unpaired) electrons. The number of hydrogen-bond donors (Lipinski definition) is 3. The third-order valence-corrected chi connectivity index (χ3v) is 4.93. The number of carbonyl (C=O) groups is 1. The van der Waals surface area contributed by atoms with E-state index in [0.717, 1.165) is 21.5 Å². The Kier molecular flexibility index (Phi) is 4.37. The van der Waals surface area contributed by atoms with Gasteiger partial charge in [-0.2, -0.15) is 0 Å². The average molecular weight is 347 g/mol. The molecule has 3 aromatic rings. The maximum Gasteiger partial charge on any atom is 0.336 e. The second-order valence-corrected chi connectivity index (χ2v) is 6.43. The molecule has 0 aliphatic heterocycles. The second-order valence-electron chi connectivity index (χ2n) is 5.13. The molecule has 118 valence electrons. The summed E-state index contributed by atoms with van der Waals surface area (Å²) in [6.45, 7) is 0. The van der Waals surface area contributed by atoms with Crippen molar-refractivity contribution >= 4 is 41.3 Å². The molecule has 0 saturated heterocycles. The zero-order chi connectivity index (χ0) is 16.6. The van der Waals surface area contributed by atoms with Crippen LogP contribution in [-0.2, 0) is 6.42 Å². The standard InChI is InChI=1S/C17H14FNO2S2/c1-23-16-11-3-2-4-12(18)15(11)19-13(16)7-9-5-6-10(17(20)21)14(22)8-9/h2-6,8,19,22H,7H2,1H3,(H,20,21). The van der Waals surface area contributed by atoms with Crippen molar-refractivity contribution in [3.05, 3.63) is 59.0 Å². The number of hydrogen-bond acceptors (Lipinski definition) is 3. The summed E-state index contributed by atoms with van der Waals surface area (Å²) in [7, 11) is 0. The summed E-state index contributed by atoms with van der Waals surface area (Å²) in [6, 6.07) is 10.1. The van der Waals surface area contributed by atoms with Crippen LogP contribution in [0.15, 0.2) is 46.2 Å². The highest BCUT2D eigenvalue weighted by molar-refractivity contribution is 7.98. The number of para-hydroxylation sites is 1. The summed E-state index contributed by atoms with van der Waals surface area (Å²) < 4.78 is 13.9.